The molecule has 37 heavy (non-hydrogen) atoms. The van der Waals surface area contributed by atoms with Crippen LogP contribution in [0.5, 0.6) is 28.7 Å². The third-order valence-corrected chi connectivity index (χ3v) is 8.22. The average Bonchev–Trinajstić information content (AvgIpc) is 3.51. The zero-order valence-corrected chi connectivity index (χ0v) is 22.3. The van der Waals surface area contributed by atoms with Gasteiger partial charge in [-0.15, -0.1) is 0 Å². The van der Waals surface area contributed by atoms with Gasteiger partial charge in [-0.2, -0.15) is 0 Å². The number of anilines is 1. The highest BCUT2D eigenvalue weighted by Gasteiger charge is 2.53. The smallest absolute Gasteiger partial charge is 0.310 e. The predicted octanol–water partition coefficient (Wildman–Crippen LogP) is 5.64. The first-order valence-electron chi connectivity index (χ1n) is 11.7. The maximum Gasteiger partial charge on any atom is 0.310 e. The van der Waals surface area contributed by atoms with E-state index in [0.717, 1.165) is 21.3 Å². The second kappa shape index (κ2) is 9.22. The second-order valence-electron chi connectivity index (χ2n) is 9.12. The number of benzene rings is 3. The van der Waals surface area contributed by atoms with Crippen LogP contribution < -0.4 is 24.3 Å². The predicted molar refractivity (Wildman–Crippen MR) is 139 cm³/mol. The number of phenolic OH excluding ortho intramolecular Hbond substituents is 1. The number of methoxy groups -OCH3 is 2. The van der Waals surface area contributed by atoms with E-state index in [1.54, 1.807) is 6.07 Å². The number of carbonyl (C=O) groups excluding carboxylic acids is 1. The molecule has 2 aliphatic heterocycles. The van der Waals surface area contributed by atoms with Crippen molar-refractivity contribution < 1.29 is 33.6 Å². The molecule has 0 spiro atoms. The third kappa shape index (κ3) is 3.83. The number of ether oxygens (including phenoxy) is 5. The molecule has 10 heteroatoms. The van der Waals surface area contributed by atoms with Crippen LogP contribution >= 0.6 is 27.5 Å². The van der Waals surface area contributed by atoms with Crippen molar-refractivity contribution in [3.63, 3.8) is 0 Å². The molecule has 8 nitrogen and oxygen atoms in total. The average molecular weight is 589 g/mol. The van der Waals surface area contributed by atoms with Gasteiger partial charge < -0.3 is 34.1 Å². The molecule has 4 atom stereocenters. The molecular formula is C27H23BrClNO7. The molecule has 3 aliphatic rings. The van der Waals surface area contributed by atoms with Crippen LogP contribution in [0, 0.1) is 11.8 Å². The van der Waals surface area contributed by atoms with Gasteiger partial charge in [0.2, 0.25) is 12.5 Å². The minimum absolute atomic E-state index is 0.0799. The number of halogens is 2. The molecule has 192 valence electrons. The first-order valence-corrected chi connectivity index (χ1v) is 12.8. The van der Waals surface area contributed by atoms with Gasteiger partial charge >= 0.3 is 5.97 Å². The summed E-state index contributed by atoms with van der Waals surface area (Å²) in [5.41, 5.74) is 3.28. The molecule has 1 saturated heterocycles. The fraction of sp³-hybridized carbons (Fsp3) is 0.296. The Bertz CT molecular complexity index is 1400. The maximum absolute atomic E-state index is 13.3. The van der Waals surface area contributed by atoms with Crippen molar-refractivity contribution in [2.75, 3.05) is 32.9 Å². The van der Waals surface area contributed by atoms with Crippen molar-refractivity contribution >= 4 is 39.2 Å². The van der Waals surface area contributed by atoms with E-state index in [0.29, 0.717) is 17.1 Å². The lowest BCUT2D eigenvalue weighted by molar-refractivity contribution is -0.141. The zero-order chi connectivity index (χ0) is 25.8. The van der Waals surface area contributed by atoms with E-state index in [9.17, 15) is 9.90 Å². The van der Waals surface area contributed by atoms with Crippen LogP contribution in [0.2, 0.25) is 5.02 Å². The first kappa shape index (κ1) is 24.1. The lowest BCUT2D eigenvalue weighted by atomic mass is 9.65. The van der Waals surface area contributed by atoms with Crippen molar-refractivity contribution in [2.45, 2.75) is 12.0 Å². The number of phenols is 1. The molecule has 0 amide bonds. The molecule has 6 rings (SSSR count). The standard InChI is InChI=1S/C27H23BrClNO7/c1-33-20-9-16(23(29)26(34-2)25(20)31)21-14-7-18-19(37-11-36-18)8-15(14)24(17-10-35-27(32)22(17)21)30-13-5-3-12(28)4-6-13/h3-9,17,21-22,24,30-31H,10-11H2,1-2H3/t17-,21-,22-,24+/m0/s1. The number of cyclic esters (lactones) is 1. The highest BCUT2D eigenvalue weighted by atomic mass is 79.9. The number of aromatic hydroxyl groups is 1. The summed E-state index contributed by atoms with van der Waals surface area (Å²) in [4.78, 5) is 13.3. The van der Waals surface area contributed by atoms with Crippen LogP contribution in [0.3, 0.4) is 0 Å². The van der Waals surface area contributed by atoms with Crippen LogP contribution in [0.4, 0.5) is 5.69 Å². The number of esters is 1. The largest absolute Gasteiger partial charge is 0.502 e. The minimum atomic E-state index is -0.558. The fourth-order valence-electron chi connectivity index (χ4n) is 5.64. The number of hydrogen-bond acceptors (Lipinski definition) is 8. The van der Waals surface area contributed by atoms with Crippen LogP contribution in [0.15, 0.2) is 46.9 Å². The van der Waals surface area contributed by atoms with Crippen molar-refractivity contribution in [3.05, 3.63) is 68.7 Å². The normalized spacial score (nSPS) is 23.2. The quantitative estimate of drug-likeness (QED) is 0.370. The van der Waals surface area contributed by atoms with E-state index in [4.69, 9.17) is 35.3 Å². The Balaban J connectivity index is 1.57. The summed E-state index contributed by atoms with van der Waals surface area (Å²) in [7, 11) is 2.87. The molecule has 0 saturated carbocycles. The molecule has 2 N–H and O–H groups in total. The highest BCUT2D eigenvalue weighted by Crippen LogP contribution is 2.58. The summed E-state index contributed by atoms with van der Waals surface area (Å²) < 4.78 is 28.9. The van der Waals surface area contributed by atoms with Crippen LogP contribution in [0.1, 0.15) is 28.7 Å². The number of rotatable bonds is 5. The molecule has 0 bridgehead atoms. The van der Waals surface area contributed by atoms with Crippen molar-refractivity contribution in [3.8, 4) is 28.7 Å². The van der Waals surface area contributed by atoms with E-state index in [1.807, 2.05) is 36.4 Å². The SMILES string of the molecule is COc1cc([C@@H]2c3cc4c(cc3[C@@H](Nc3ccc(Br)cc3)[C@H]3COC(=O)[C@H]23)OCO4)c(Cl)c(OC)c1O. The molecule has 1 fully saturated rings. The minimum Gasteiger partial charge on any atom is -0.502 e. The van der Waals surface area contributed by atoms with Gasteiger partial charge in [-0.3, -0.25) is 4.79 Å². The van der Waals surface area contributed by atoms with E-state index in [2.05, 4.69) is 21.2 Å². The van der Waals surface area contributed by atoms with Gasteiger partial charge in [-0.1, -0.05) is 27.5 Å². The van der Waals surface area contributed by atoms with Gasteiger partial charge in [0.1, 0.15) is 0 Å². The number of nitrogens with one attached hydrogen (secondary N) is 1. The summed E-state index contributed by atoms with van der Waals surface area (Å²) in [6.07, 6.45) is 0. The third-order valence-electron chi connectivity index (χ3n) is 7.30. The topological polar surface area (TPSA) is 95.5 Å². The first-order chi connectivity index (χ1) is 17.9. The van der Waals surface area contributed by atoms with Crippen molar-refractivity contribution in [1.29, 1.82) is 0 Å². The van der Waals surface area contributed by atoms with Gasteiger partial charge in [0.05, 0.1) is 37.8 Å². The molecule has 0 unspecified atom stereocenters. The molecular weight excluding hydrogens is 566 g/mol. The summed E-state index contributed by atoms with van der Waals surface area (Å²) in [6.45, 7) is 0.357. The van der Waals surface area contributed by atoms with E-state index in [1.165, 1.54) is 14.2 Å². The van der Waals surface area contributed by atoms with Gasteiger partial charge in [-0.25, -0.2) is 0 Å². The maximum atomic E-state index is 13.3. The molecule has 3 aromatic carbocycles. The van der Waals surface area contributed by atoms with Crippen LogP contribution in [-0.2, 0) is 9.53 Å². The molecule has 1 aliphatic carbocycles. The molecule has 3 aromatic rings. The summed E-state index contributed by atoms with van der Waals surface area (Å²) >= 11 is 10.3. The van der Waals surface area contributed by atoms with E-state index < -0.39 is 11.8 Å². The molecule has 2 heterocycles. The summed E-state index contributed by atoms with van der Waals surface area (Å²) in [6, 6.07) is 13.1. The van der Waals surface area contributed by atoms with Crippen LogP contribution in [-0.4, -0.2) is 38.7 Å². The highest BCUT2D eigenvalue weighted by molar-refractivity contribution is 9.10. The number of fused-ring (bicyclic) bond motifs is 3. The van der Waals surface area contributed by atoms with Gasteiger partial charge in [-0.05, 0) is 59.2 Å². The lowest BCUT2D eigenvalue weighted by Crippen LogP contribution is -2.37. The zero-order valence-electron chi connectivity index (χ0n) is 19.9. The van der Waals surface area contributed by atoms with Crippen molar-refractivity contribution in [2.24, 2.45) is 11.8 Å². The Morgan fingerprint density at radius 3 is 2.38 bits per heavy atom. The summed E-state index contributed by atoms with van der Waals surface area (Å²) in [5, 5.41) is 14.4. The van der Waals surface area contributed by atoms with Gasteiger partial charge in [0.25, 0.3) is 0 Å². The molecule has 0 radical (unpaired) electrons. The second-order valence-corrected chi connectivity index (χ2v) is 10.4. The van der Waals surface area contributed by atoms with Gasteiger partial charge in [0, 0.05) is 22.0 Å². The van der Waals surface area contributed by atoms with Crippen molar-refractivity contribution in [1.82, 2.24) is 0 Å². The Labute approximate surface area is 226 Å². The lowest BCUT2D eigenvalue weighted by Gasteiger charge is -2.40. The Morgan fingerprint density at radius 2 is 1.70 bits per heavy atom. The fourth-order valence-corrected chi connectivity index (χ4v) is 6.24. The monoisotopic (exact) mass is 587 g/mol. The Morgan fingerprint density at radius 1 is 1.00 bits per heavy atom. The number of carbonyl (C=O) groups is 1. The van der Waals surface area contributed by atoms with E-state index in [-0.39, 0.29) is 53.6 Å². The number of hydrogen-bond donors (Lipinski definition) is 2. The Kier molecular flexibility index (Phi) is 6.00. The summed E-state index contributed by atoms with van der Waals surface area (Å²) in [5.74, 6) is -0.311. The Hall–Kier alpha value is -3.30. The van der Waals surface area contributed by atoms with E-state index >= 15 is 0 Å². The van der Waals surface area contributed by atoms with Crippen LogP contribution in [0.25, 0.3) is 0 Å². The molecule has 0 aromatic heterocycles. The van der Waals surface area contributed by atoms with Gasteiger partial charge in [0.15, 0.2) is 23.0 Å².